The van der Waals surface area contributed by atoms with E-state index in [0.29, 0.717) is 10.7 Å². The molecule has 0 radical (unpaired) electrons. The molecule has 7 heteroatoms. The molecule has 2 amide bonds. The third kappa shape index (κ3) is 5.12. The normalized spacial score (nSPS) is 13.6. The van der Waals surface area contributed by atoms with Gasteiger partial charge < -0.3 is 5.32 Å². The van der Waals surface area contributed by atoms with E-state index in [1.54, 1.807) is 13.0 Å². The Morgan fingerprint density at radius 2 is 1.89 bits per heavy atom. The van der Waals surface area contributed by atoms with Crippen LogP contribution in [0, 0.1) is 0 Å². The fourth-order valence-electron chi connectivity index (χ4n) is 3.24. The summed E-state index contributed by atoms with van der Waals surface area (Å²) in [4.78, 5) is 24.5. The van der Waals surface area contributed by atoms with Crippen LogP contribution in [0.1, 0.15) is 47.7 Å². The maximum Gasteiger partial charge on any atom is 0.272 e. The molecule has 0 saturated heterocycles. The molecule has 1 aliphatic carbocycles. The molecule has 0 aromatic heterocycles. The van der Waals surface area contributed by atoms with Crippen molar-refractivity contribution in [1.29, 1.82) is 0 Å². The predicted molar refractivity (Wildman–Crippen MR) is 113 cm³/mol. The molecule has 146 valence electrons. The summed E-state index contributed by atoms with van der Waals surface area (Å²) >= 11 is 11.8. The molecule has 2 aromatic carbocycles. The number of hydrogen-bond acceptors (Lipinski definition) is 3. The van der Waals surface area contributed by atoms with Crippen molar-refractivity contribution in [3.8, 4) is 0 Å². The van der Waals surface area contributed by atoms with Gasteiger partial charge in [0.25, 0.3) is 5.91 Å². The summed E-state index contributed by atoms with van der Waals surface area (Å²) in [5.41, 5.74) is 6.57. The fourth-order valence-corrected chi connectivity index (χ4v) is 3.74. The van der Waals surface area contributed by atoms with Crippen molar-refractivity contribution in [2.24, 2.45) is 5.10 Å². The second kappa shape index (κ2) is 9.22. The molecule has 5 nitrogen and oxygen atoms in total. The van der Waals surface area contributed by atoms with Crippen LogP contribution < -0.4 is 10.7 Å². The summed E-state index contributed by atoms with van der Waals surface area (Å²) < 4.78 is 0. The third-order valence-electron chi connectivity index (χ3n) is 4.61. The van der Waals surface area contributed by atoms with Crippen molar-refractivity contribution in [2.75, 3.05) is 5.32 Å². The van der Waals surface area contributed by atoms with E-state index in [1.165, 1.54) is 29.7 Å². The molecule has 2 aromatic rings. The Hall–Kier alpha value is -2.37. The molecule has 3 rings (SSSR count). The number of amides is 2. The standard InChI is InChI=1S/C21H21Cl2N3O2/c1-13(25-26-21(28)17-10-9-15(22)12-18(17)23)11-20(27)24-19-8-4-6-14-5-2-3-7-16(14)19/h4,6,8-10,12H,2-3,5,7,11H2,1H3,(H,24,27)(H,26,28)/b25-13+. The first-order valence-corrected chi connectivity index (χ1v) is 9.89. The van der Waals surface area contributed by atoms with Gasteiger partial charge in [-0.1, -0.05) is 35.3 Å². The minimum atomic E-state index is -0.460. The van der Waals surface area contributed by atoms with Crippen molar-refractivity contribution in [1.82, 2.24) is 5.43 Å². The van der Waals surface area contributed by atoms with Crippen molar-refractivity contribution >= 4 is 46.4 Å². The highest BCUT2D eigenvalue weighted by molar-refractivity contribution is 6.36. The Balaban J connectivity index is 1.59. The molecule has 0 atom stereocenters. The van der Waals surface area contributed by atoms with Gasteiger partial charge in [-0.05, 0) is 68.0 Å². The van der Waals surface area contributed by atoms with Crippen LogP contribution >= 0.6 is 23.2 Å². The molecule has 0 heterocycles. The Morgan fingerprint density at radius 3 is 2.68 bits per heavy atom. The Kier molecular flexibility index (Phi) is 6.70. The number of halogens is 2. The number of hydrogen-bond donors (Lipinski definition) is 2. The number of nitrogens with zero attached hydrogens (tertiary/aromatic N) is 1. The van der Waals surface area contributed by atoms with Crippen LogP contribution in [0.15, 0.2) is 41.5 Å². The first kappa shape index (κ1) is 20.4. The summed E-state index contributed by atoms with van der Waals surface area (Å²) in [5.74, 6) is -0.627. The van der Waals surface area contributed by atoms with Crippen LogP contribution in [-0.2, 0) is 17.6 Å². The van der Waals surface area contributed by atoms with Gasteiger partial charge in [0, 0.05) is 16.4 Å². The lowest BCUT2D eigenvalue weighted by molar-refractivity contribution is -0.115. The van der Waals surface area contributed by atoms with Crippen LogP contribution in [0.3, 0.4) is 0 Å². The summed E-state index contributed by atoms with van der Waals surface area (Å²) in [6.07, 6.45) is 4.45. The van der Waals surface area contributed by atoms with Gasteiger partial charge in [0.15, 0.2) is 0 Å². The average Bonchev–Trinajstić information content (AvgIpc) is 2.66. The number of hydrazone groups is 1. The highest BCUT2D eigenvalue weighted by atomic mass is 35.5. The first-order valence-electron chi connectivity index (χ1n) is 9.13. The van der Waals surface area contributed by atoms with E-state index in [2.05, 4.69) is 21.9 Å². The lowest BCUT2D eigenvalue weighted by atomic mass is 9.90. The second-order valence-corrected chi connectivity index (χ2v) is 7.63. The van der Waals surface area contributed by atoms with Crippen molar-refractivity contribution < 1.29 is 9.59 Å². The van der Waals surface area contributed by atoms with E-state index in [4.69, 9.17) is 23.2 Å². The van der Waals surface area contributed by atoms with E-state index >= 15 is 0 Å². The highest BCUT2D eigenvalue weighted by Gasteiger charge is 2.15. The molecule has 0 saturated carbocycles. The largest absolute Gasteiger partial charge is 0.325 e. The average molecular weight is 418 g/mol. The molecule has 0 bridgehead atoms. The number of fused-ring (bicyclic) bond motifs is 1. The molecule has 0 spiro atoms. The number of aryl methyl sites for hydroxylation is 1. The van der Waals surface area contributed by atoms with Crippen LogP contribution in [0.5, 0.6) is 0 Å². The van der Waals surface area contributed by atoms with Gasteiger partial charge in [0.1, 0.15) is 0 Å². The van der Waals surface area contributed by atoms with Gasteiger partial charge in [-0.3, -0.25) is 9.59 Å². The molecule has 28 heavy (non-hydrogen) atoms. The van der Waals surface area contributed by atoms with E-state index < -0.39 is 5.91 Å². The molecular weight excluding hydrogens is 397 g/mol. The zero-order chi connectivity index (χ0) is 20.1. The molecular formula is C21H21Cl2N3O2. The van der Waals surface area contributed by atoms with E-state index in [9.17, 15) is 9.59 Å². The third-order valence-corrected chi connectivity index (χ3v) is 5.16. The second-order valence-electron chi connectivity index (χ2n) is 6.79. The number of carbonyl (C=O) groups excluding carboxylic acids is 2. The topological polar surface area (TPSA) is 70.6 Å². The summed E-state index contributed by atoms with van der Waals surface area (Å²) in [7, 11) is 0. The lowest BCUT2D eigenvalue weighted by Gasteiger charge is -2.19. The zero-order valence-electron chi connectivity index (χ0n) is 15.5. The smallest absolute Gasteiger partial charge is 0.272 e. The van der Waals surface area contributed by atoms with Crippen LogP contribution in [0.2, 0.25) is 10.0 Å². The minimum absolute atomic E-state index is 0.0816. The van der Waals surface area contributed by atoms with Gasteiger partial charge in [0.05, 0.1) is 17.0 Å². The van der Waals surface area contributed by atoms with Gasteiger partial charge in [0.2, 0.25) is 5.91 Å². The quantitative estimate of drug-likeness (QED) is 0.530. The predicted octanol–water partition coefficient (Wildman–Crippen LogP) is 5.01. The number of carbonyl (C=O) groups is 2. The number of anilines is 1. The molecule has 0 unspecified atom stereocenters. The number of rotatable bonds is 5. The van der Waals surface area contributed by atoms with Gasteiger partial charge in [-0.25, -0.2) is 5.43 Å². The molecule has 1 aliphatic rings. The van der Waals surface area contributed by atoms with E-state index in [-0.39, 0.29) is 22.9 Å². The Labute approximate surface area is 174 Å². The van der Waals surface area contributed by atoms with Crippen LogP contribution in [0.4, 0.5) is 5.69 Å². The summed E-state index contributed by atoms with van der Waals surface area (Å²) in [5, 5.41) is 7.65. The van der Waals surface area contributed by atoms with E-state index in [1.807, 2.05) is 12.1 Å². The molecule has 2 N–H and O–H groups in total. The van der Waals surface area contributed by atoms with Crippen molar-refractivity contribution in [2.45, 2.75) is 39.0 Å². The van der Waals surface area contributed by atoms with Gasteiger partial charge in [-0.2, -0.15) is 5.10 Å². The van der Waals surface area contributed by atoms with Crippen molar-refractivity contribution in [3.63, 3.8) is 0 Å². The van der Waals surface area contributed by atoms with Gasteiger partial charge in [-0.15, -0.1) is 0 Å². The molecule has 0 fully saturated rings. The maximum absolute atomic E-state index is 12.4. The van der Waals surface area contributed by atoms with Gasteiger partial charge >= 0.3 is 0 Å². The minimum Gasteiger partial charge on any atom is -0.325 e. The number of benzene rings is 2. The van der Waals surface area contributed by atoms with Crippen LogP contribution in [-0.4, -0.2) is 17.5 Å². The maximum atomic E-state index is 12.4. The molecule has 0 aliphatic heterocycles. The highest BCUT2D eigenvalue weighted by Crippen LogP contribution is 2.28. The van der Waals surface area contributed by atoms with Crippen molar-refractivity contribution in [3.05, 3.63) is 63.1 Å². The number of nitrogens with one attached hydrogen (secondary N) is 2. The lowest BCUT2D eigenvalue weighted by Crippen LogP contribution is -2.22. The van der Waals surface area contributed by atoms with Crippen LogP contribution in [0.25, 0.3) is 0 Å². The first-order chi connectivity index (χ1) is 13.4. The monoisotopic (exact) mass is 417 g/mol. The Morgan fingerprint density at radius 1 is 1.11 bits per heavy atom. The summed E-state index contributed by atoms with van der Waals surface area (Å²) in [6, 6.07) is 10.6. The summed E-state index contributed by atoms with van der Waals surface area (Å²) in [6.45, 7) is 1.68. The SMILES string of the molecule is C/C(CC(=O)Nc1cccc2c1CCCC2)=N\NC(=O)c1ccc(Cl)cc1Cl. The zero-order valence-corrected chi connectivity index (χ0v) is 17.0. The van der Waals surface area contributed by atoms with E-state index in [0.717, 1.165) is 24.9 Å². The fraction of sp³-hybridized carbons (Fsp3) is 0.286. The Bertz CT molecular complexity index is 941.